The summed E-state index contributed by atoms with van der Waals surface area (Å²) in [6.45, 7) is 0.655. The summed E-state index contributed by atoms with van der Waals surface area (Å²) in [4.78, 5) is 21.4. The molecule has 1 saturated heterocycles. The number of thiophene rings is 1. The Morgan fingerprint density at radius 2 is 2.19 bits per heavy atom. The highest BCUT2D eigenvalue weighted by Crippen LogP contribution is 2.33. The Morgan fingerprint density at radius 3 is 3.00 bits per heavy atom. The Morgan fingerprint density at radius 1 is 1.30 bits per heavy atom. The quantitative estimate of drug-likeness (QED) is 0.564. The van der Waals surface area contributed by atoms with Crippen LogP contribution in [0.3, 0.4) is 0 Å². The molecule has 4 heterocycles. The van der Waals surface area contributed by atoms with Gasteiger partial charge in [-0.05, 0) is 18.6 Å². The van der Waals surface area contributed by atoms with Crippen LogP contribution >= 0.6 is 11.3 Å². The average Bonchev–Trinajstić information content (AvgIpc) is 3.41. The molecule has 9 heteroatoms. The maximum absolute atomic E-state index is 12.0. The van der Waals surface area contributed by atoms with Crippen LogP contribution in [0.2, 0.25) is 0 Å². The van der Waals surface area contributed by atoms with Crippen molar-refractivity contribution in [1.82, 2.24) is 24.9 Å². The van der Waals surface area contributed by atoms with E-state index in [1.54, 1.807) is 11.6 Å². The number of nitrogens with zero attached hydrogens (tertiary/aromatic N) is 4. The van der Waals surface area contributed by atoms with Crippen LogP contribution in [0.15, 0.2) is 35.0 Å². The number of hydrogen-bond donors (Lipinski definition) is 2. The summed E-state index contributed by atoms with van der Waals surface area (Å²) in [6.07, 6.45) is 0.703. The highest BCUT2D eigenvalue weighted by Gasteiger charge is 2.26. The largest absolute Gasteiger partial charge is 0.495 e. The van der Waals surface area contributed by atoms with Crippen LogP contribution < -0.4 is 15.4 Å². The molecule has 8 nitrogen and oxygen atoms in total. The molecule has 1 aliphatic heterocycles. The van der Waals surface area contributed by atoms with Crippen LogP contribution in [0.25, 0.3) is 27.9 Å². The van der Waals surface area contributed by atoms with Crippen LogP contribution in [0.1, 0.15) is 6.42 Å². The van der Waals surface area contributed by atoms with E-state index in [0.29, 0.717) is 30.4 Å². The SMILES string of the molecule is COc1cscc1-c1nc2c3ccccc3nc(N[C@@H]3CCNC3=O)n2n1. The van der Waals surface area contributed by atoms with Crippen molar-refractivity contribution in [3.8, 4) is 17.1 Å². The number of amides is 1. The summed E-state index contributed by atoms with van der Waals surface area (Å²) in [6, 6.07) is 7.44. The first-order chi connectivity index (χ1) is 13.2. The molecule has 1 amide bonds. The predicted octanol–water partition coefficient (Wildman–Crippen LogP) is 2.31. The summed E-state index contributed by atoms with van der Waals surface area (Å²) < 4.78 is 7.08. The molecule has 4 aromatic rings. The third-order valence-corrected chi connectivity index (χ3v) is 5.34. The normalized spacial score (nSPS) is 16.8. The smallest absolute Gasteiger partial charge is 0.242 e. The van der Waals surface area contributed by atoms with Gasteiger partial charge in [0.1, 0.15) is 11.8 Å². The number of hydrogen-bond acceptors (Lipinski definition) is 7. The number of ether oxygens (including phenoxy) is 1. The fourth-order valence-electron chi connectivity index (χ4n) is 3.26. The highest BCUT2D eigenvalue weighted by molar-refractivity contribution is 7.08. The van der Waals surface area contributed by atoms with Gasteiger partial charge in [-0.3, -0.25) is 4.79 Å². The second-order valence-corrected chi connectivity index (χ2v) is 7.00. The van der Waals surface area contributed by atoms with E-state index in [2.05, 4.69) is 20.7 Å². The molecular weight excluding hydrogens is 364 g/mol. The average molecular weight is 380 g/mol. The molecule has 5 rings (SSSR count). The number of fused-ring (bicyclic) bond motifs is 3. The number of rotatable bonds is 4. The standard InChI is InChI=1S/C18H16N6O2S/c1-26-14-9-27-8-11(14)15-22-16-10-4-2-3-5-12(10)20-18(24(16)23-15)21-13-6-7-19-17(13)25/h2-5,8-9,13H,6-7H2,1H3,(H,19,25)(H,20,21)/t13-/m1/s1. The number of carbonyl (C=O) groups is 1. The molecule has 1 fully saturated rings. The van der Waals surface area contributed by atoms with Crippen molar-refractivity contribution < 1.29 is 9.53 Å². The number of anilines is 1. The molecule has 0 unspecified atom stereocenters. The lowest BCUT2D eigenvalue weighted by molar-refractivity contribution is -0.119. The molecule has 27 heavy (non-hydrogen) atoms. The van der Waals surface area contributed by atoms with Gasteiger partial charge in [-0.1, -0.05) is 12.1 Å². The minimum atomic E-state index is -0.329. The molecule has 0 aliphatic carbocycles. The Bertz CT molecular complexity index is 1170. The van der Waals surface area contributed by atoms with Crippen molar-refractivity contribution in [2.75, 3.05) is 19.0 Å². The summed E-state index contributed by atoms with van der Waals surface area (Å²) in [7, 11) is 1.63. The van der Waals surface area contributed by atoms with Crippen molar-refractivity contribution in [2.45, 2.75) is 12.5 Å². The van der Waals surface area contributed by atoms with Crippen LogP contribution in [-0.4, -0.2) is 45.2 Å². The Labute approximate surface area is 158 Å². The molecule has 0 bridgehead atoms. The molecule has 1 aliphatic rings. The van der Waals surface area contributed by atoms with E-state index < -0.39 is 0 Å². The van der Waals surface area contributed by atoms with Crippen LogP contribution in [0, 0.1) is 0 Å². The van der Waals surface area contributed by atoms with Gasteiger partial charge in [0.05, 0.1) is 18.2 Å². The first-order valence-corrected chi connectivity index (χ1v) is 9.49. The lowest BCUT2D eigenvalue weighted by Gasteiger charge is -2.12. The molecule has 1 aromatic carbocycles. The van der Waals surface area contributed by atoms with E-state index >= 15 is 0 Å². The van der Waals surface area contributed by atoms with Crippen molar-refractivity contribution >= 4 is 39.7 Å². The van der Waals surface area contributed by atoms with Crippen molar-refractivity contribution in [2.24, 2.45) is 0 Å². The molecular formula is C18H16N6O2S. The van der Waals surface area contributed by atoms with E-state index in [9.17, 15) is 4.79 Å². The van der Waals surface area contributed by atoms with Crippen molar-refractivity contribution in [3.05, 3.63) is 35.0 Å². The van der Waals surface area contributed by atoms with Crippen LogP contribution in [0.4, 0.5) is 5.95 Å². The van der Waals surface area contributed by atoms with Gasteiger partial charge in [-0.2, -0.15) is 4.52 Å². The van der Waals surface area contributed by atoms with Crippen molar-refractivity contribution in [1.29, 1.82) is 0 Å². The summed E-state index contributed by atoms with van der Waals surface area (Å²) in [5.74, 6) is 1.76. The first kappa shape index (κ1) is 16.0. The van der Waals surface area contributed by atoms with Gasteiger partial charge in [0.25, 0.3) is 0 Å². The third kappa shape index (κ3) is 2.58. The maximum atomic E-state index is 12.0. The Kier molecular flexibility index (Phi) is 3.68. The number of carbonyl (C=O) groups excluding carboxylic acids is 1. The zero-order valence-electron chi connectivity index (χ0n) is 14.5. The number of methoxy groups -OCH3 is 1. The third-order valence-electron chi connectivity index (χ3n) is 4.62. The zero-order chi connectivity index (χ0) is 18.4. The number of nitrogens with one attached hydrogen (secondary N) is 2. The van der Waals surface area contributed by atoms with E-state index in [4.69, 9.17) is 9.72 Å². The van der Waals surface area contributed by atoms with Crippen LogP contribution in [0.5, 0.6) is 5.75 Å². The fraction of sp³-hybridized carbons (Fsp3) is 0.222. The summed E-state index contributed by atoms with van der Waals surface area (Å²) in [5.41, 5.74) is 2.31. The second kappa shape index (κ2) is 6.20. The second-order valence-electron chi connectivity index (χ2n) is 6.25. The number of aromatic nitrogens is 4. The Balaban J connectivity index is 1.72. The minimum absolute atomic E-state index is 0.0297. The van der Waals surface area contributed by atoms with Crippen LogP contribution in [-0.2, 0) is 4.79 Å². The number of para-hydroxylation sites is 1. The summed E-state index contributed by atoms with van der Waals surface area (Å²) >= 11 is 1.53. The van der Waals surface area contributed by atoms with Gasteiger partial charge >= 0.3 is 0 Å². The zero-order valence-corrected chi connectivity index (χ0v) is 15.3. The molecule has 0 radical (unpaired) electrons. The molecule has 2 N–H and O–H groups in total. The maximum Gasteiger partial charge on any atom is 0.242 e. The molecule has 3 aromatic heterocycles. The summed E-state index contributed by atoms with van der Waals surface area (Å²) in [5, 5.41) is 15.5. The van der Waals surface area contributed by atoms with E-state index in [0.717, 1.165) is 22.2 Å². The lowest BCUT2D eigenvalue weighted by Crippen LogP contribution is -2.30. The van der Waals surface area contributed by atoms with Crippen molar-refractivity contribution in [3.63, 3.8) is 0 Å². The monoisotopic (exact) mass is 380 g/mol. The highest BCUT2D eigenvalue weighted by atomic mass is 32.1. The van der Waals surface area contributed by atoms with Gasteiger partial charge in [0.2, 0.25) is 11.9 Å². The fourth-order valence-corrected chi connectivity index (χ4v) is 4.03. The topological polar surface area (TPSA) is 93.4 Å². The lowest BCUT2D eigenvalue weighted by atomic mass is 10.2. The molecule has 0 saturated carbocycles. The molecule has 0 spiro atoms. The minimum Gasteiger partial charge on any atom is -0.495 e. The Hall–Kier alpha value is -3.20. The van der Waals surface area contributed by atoms with E-state index in [-0.39, 0.29) is 11.9 Å². The molecule has 136 valence electrons. The van der Waals surface area contributed by atoms with E-state index in [1.807, 2.05) is 35.0 Å². The van der Waals surface area contributed by atoms with Gasteiger partial charge in [-0.15, -0.1) is 16.4 Å². The number of benzene rings is 1. The van der Waals surface area contributed by atoms with Gasteiger partial charge < -0.3 is 15.4 Å². The van der Waals surface area contributed by atoms with Gasteiger partial charge in [-0.25, -0.2) is 9.97 Å². The van der Waals surface area contributed by atoms with E-state index in [1.165, 1.54) is 11.3 Å². The van der Waals surface area contributed by atoms with Gasteiger partial charge in [0.15, 0.2) is 11.5 Å². The molecule has 1 atom stereocenters. The predicted molar refractivity (Wildman–Crippen MR) is 103 cm³/mol. The first-order valence-electron chi connectivity index (χ1n) is 8.55. The van der Waals surface area contributed by atoms with Gasteiger partial charge in [0, 0.05) is 22.7 Å².